The zero-order valence-corrected chi connectivity index (χ0v) is 8.89. The van der Waals surface area contributed by atoms with Crippen LogP contribution in [0.2, 0.25) is 10.0 Å². The van der Waals surface area contributed by atoms with Gasteiger partial charge in [0, 0.05) is 11.6 Å². The number of hydrogen-bond acceptors (Lipinski definition) is 3. The summed E-state index contributed by atoms with van der Waals surface area (Å²) in [6.45, 7) is -0.0317. The standard InChI is InChI=1S/C9H11Cl2NO2/c10-6-1-2-9(8(11)3-6)12-4-7(14)5-13/h1-3,7,12-14H,4-5H2/t7-/m0/s1. The molecule has 0 aliphatic carbocycles. The summed E-state index contributed by atoms with van der Waals surface area (Å²) in [5.41, 5.74) is 0.684. The summed E-state index contributed by atoms with van der Waals surface area (Å²) in [4.78, 5) is 0. The molecule has 0 aliphatic rings. The molecule has 14 heavy (non-hydrogen) atoms. The minimum absolute atomic E-state index is 0.248. The summed E-state index contributed by atoms with van der Waals surface area (Å²) in [5, 5.41) is 21.6. The third-order valence-electron chi connectivity index (χ3n) is 1.67. The van der Waals surface area contributed by atoms with Crippen LogP contribution in [0.15, 0.2) is 18.2 Å². The highest BCUT2D eigenvalue weighted by Crippen LogP contribution is 2.25. The third-order valence-corrected chi connectivity index (χ3v) is 2.22. The summed E-state index contributed by atoms with van der Waals surface area (Å²) >= 11 is 11.6. The molecule has 0 bridgehead atoms. The monoisotopic (exact) mass is 235 g/mol. The van der Waals surface area contributed by atoms with Crippen LogP contribution in [0, 0.1) is 0 Å². The maximum Gasteiger partial charge on any atom is 0.0942 e. The van der Waals surface area contributed by atoms with Crippen molar-refractivity contribution in [1.82, 2.24) is 0 Å². The number of rotatable bonds is 4. The number of nitrogens with one attached hydrogen (secondary N) is 1. The molecule has 0 unspecified atom stereocenters. The van der Waals surface area contributed by atoms with E-state index in [2.05, 4.69) is 5.32 Å². The van der Waals surface area contributed by atoms with Crippen LogP contribution < -0.4 is 5.32 Å². The number of anilines is 1. The molecule has 5 heteroatoms. The van der Waals surface area contributed by atoms with Gasteiger partial charge in [0.05, 0.1) is 23.4 Å². The van der Waals surface area contributed by atoms with Crippen molar-refractivity contribution in [2.24, 2.45) is 0 Å². The molecule has 0 radical (unpaired) electrons. The van der Waals surface area contributed by atoms with Gasteiger partial charge in [0.2, 0.25) is 0 Å². The summed E-state index contributed by atoms with van der Waals surface area (Å²) in [7, 11) is 0. The Bertz CT molecular complexity index is 307. The van der Waals surface area contributed by atoms with E-state index in [9.17, 15) is 0 Å². The van der Waals surface area contributed by atoms with Crippen LogP contribution in [0.3, 0.4) is 0 Å². The lowest BCUT2D eigenvalue weighted by atomic mass is 10.3. The van der Waals surface area contributed by atoms with Crippen LogP contribution in [0.5, 0.6) is 0 Å². The molecule has 3 N–H and O–H groups in total. The zero-order valence-electron chi connectivity index (χ0n) is 7.37. The zero-order chi connectivity index (χ0) is 10.6. The normalized spacial score (nSPS) is 12.6. The first kappa shape index (κ1) is 11.6. The number of aliphatic hydroxyl groups excluding tert-OH is 2. The van der Waals surface area contributed by atoms with Gasteiger partial charge in [-0.1, -0.05) is 23.2 Å². The van der Waals surface area contributed by atoms with E-state index in [0.29, 0.717) is 15.7 Å². The largest absolute Gasteiger partial charge is 0.394 e. The molecule has 0 saturated heterocycles. The molecule has 0 aromatic heterocycles. The second kappa shape index (κ2) is 5.41. The SMILES string of the molecule is OC[C@@H](O)CNc1ccc(Cl)cc1Cl. The Morgan fingerprint density at radius 1 is 1.36 bits per heavy atom. The molecule has 0 heterocycles. The third kappa shape index (κ3) is 3.35. The van der Waals surface area contributed by atoms with Crippen LogP contribution in [-0.2, 0) is 0 Å². The quantitative estimate of drug-likeness (QED) is 0.746. The average molecular weight is 236 g/mol. The molecule has 1 aromatic rings. The lowest BCUT2D eigenvalue weighted by Gasteiger charge is -2.11. The van der Waals surface area contributed by atoms with E-state index in [1.807, 2.05) is 0 Å². The molecule has 1 rings (SSSR count). The summed E-state index contributed by atoms with van der Waals surface area (Å²) < 4.78 is 0. The fourth-order valence-electron chi connectivity index (χ4n) is 0.925. The Labute approximate surface area is 92.3 Å². The van der Waals surface area contributed by atoms with Crippen molar-refractivity contribution in [3.8, 4) is 0 Å². The van der Waals surface area contributed by atoms with E-state index in [0.717, 1.165) is 0 Å². The van der Waals surface area contributed by atoms with E-state index in [1.54, 1.807) is 18.2 Å². The van der Waals surface area contributed by atoms with E-state index in [4.69, 9.17) is 33.4 Å². The van der Waals surface area contributed by atoms with Crippen molar-refractivity contribution >= 4 is 28.9 Å². The van der Waals surface area contributed by atoms with E-state index in [1.165, 1.54) is 0 Å². The van der Waals surface area contributed by atoms with Crippen molar-refractivity contribution in [2.45, 2.75) is 6.10 Å². The molecule has 0 spiro atoms. The Morgan fingerprint density at radius 3 is 2.64 bits per heavy atom. The van der Waals surface area contributed by atoms with Gasteiger partial charge in [-0.15, -0.1) is 0 Å². The van der Waals surface area contributed by atoms with Gasteiger partial charge >= 0.3 is 0 Å². The first-order chi connectivity index (χ1) is 6.63. The number of halogens is 2. The predicted octanol–water partition coefficient (Wildman–Crippen LogP) is 1.76. The fraction of sp³-hybridized carbons (Fsp3) is 0.333. The smallest absolute Gasteiger partial charge is 0.0942 e. The summed E-state index contributed by atoms with van der Waals surface area (Å²) in [6.07, 6.45) is -0.790. The minimum atomic E-state index is -0.790. The van der Waals surface area contributed by atoms with Gasteiger partial charge in [-0.2, -0.15) is 0 Å². The highest BCUT2D eigenvalue weighted by Gasteiger charge is 2.04. The Hall–Kier alpha value is -0.480. The van der Waals surface area contributed by atoms with Gasteiger partial charge in [-0.25, -0.2) is 0 Å². The number of aliphatic hydroxyl groups is 2. The first-order valence-corrected chi connectivity index (χ1v) is 4.87. The van der Waals surface area contributed by atoms with Crippen LogP contribution >= 0.6 is 23.2 Å². The fourth-order valence-corrected chi connectivity index (χ4v) is 1.40. The molecule has 0 aliphatic heterocycles. The summed E-state index contributed by atoms with van der Waals surface area (Å²) in [6, 6.07) is 5.02. The van der Waals surface area contributed by atoms with Crippen molar-refractivity contribution in [3.05, 3.63) is 28.2 Å². The number of hydrogen-bond donors (Lipinski definition) is 3. The highest BCUT2D eigenvalue weighted by molar-refractivity contribution is 6.36. The molecule has 3 nitrogen and oxygen atoms in total. The van der Waals surface area contributed by atoms with Crippen LogP contribution in [0.1, 0.15) is 0 Å². The van der Waals surface area contributed by atoms with E-state index in [-0.39, 0.29) is 13.2 Å². The van der Waals surface area contributed by atoms with Crippen molar-refractivity contribution in [2.75, 3.05) is 18.5 Å². The van der Waals surface area contributed by atoms with E-state index < -0.39 is 6.10 Å². The highest BCUT2D eigenvalue weighted by atomic mass is 35.5. The molecule has 0 saturated carbocycles. The van der Waals surface area contributed by atoms with E-state index >= 15 is 0 Å². The van der Waals surface area contributed by atoms with Gasteiger partial charge in [0.1, 0.15) is 0 Å². The lowest BCUT2D eigenvalue weighted by Crippen LogP contribution is -2.22. The molecular formula is C9H11Cl2NO2. The van der Waals surface area contributed by atoms with Crippen LogP contribution in [-0.4, -0.2) is 29.5 Å². The Morgan fingerprint density at radius 2 is 2.07 bits per heavy atom. The van der Waals surface area contributed by atoms with Crippen LogP contribution in [0.4, 0.5) is 5.69 Å². The summed E-state index contributed by atoms with van der Waals surface area (Å²) in [5.74, 6) is 0. The first-order valence-electron chi connectivity index (χ1n) is 4.11. The minimum Gasteiger partial charge on any atom is -0.394 e. The molecule has 0 fully saturated rings. The van der Waals surface area contributed by atoms with Gasteiger partial charge in [0.15, 0.2) is 0 Å². The van der Waals surface area contributed by atoms with Gasteiger partial charge < -0.3 is 15.5 Å². The molecular weight excluding hydrogens is 225 g/mol. The van der Waals surface area contributed by atoms with Gasteiger partial charge in [-0.3, -0.25) is 0 Å². The maximum atomic E-state index is 9.08. The topological polar surface area (TPSA) is 52.5 Å². The van der Waals surface area contributed by atoms with Crippen molar-refractivity contribution in [3.63, 3.8) is 0 Å². The van der Waals surface area contributed by atoms with Gasteiger partial charge in [-0.05, 0) is 18.2 Å². The number of benzene rings is 1. The maximum absolute atomic E-state index is 9.08. The Balaban J connectivity index is 2.59. The molecule has 1 atom stereocenters. The van der Waals surface area contributed by atoms with Gasteiger partial charge in [0.25, 0.3) is 0 Å². The average Bonchev–Trinajstić information content (AvgIpc) is 2.16. The van der Waals surface area contributed by atoms with Crippen LogP contribution in [0.25, 0.3) is 0 Å². The predicted molar refractivity (Wildman–Crippen MR) is 58.0 cm³/mol. The Kier molecular flexibility index (Phi) is 4.48. The molecule has 1 aromatic carbocycles. The second-order valence-corrected chi connectivity index (χ2v) is 3.69. The van der Waals surface area contributed by atoms with Crippen molar-refractivity contribution < 1.29 is 10.2 Å². The molecule has 0 amide bonds. The van der Waals surface area contributed by atoms with Crippen molar-refractivity contribution in [1.29, 1.82) is 0 Å². The lowest BCUT2D eigenvalue weighted by molar-refractivity contribution is 0.105. The molecule has 78 valence electrons. The second-order valence-electron chi connectivity index (χ2n) is 2.84.